The molecule has 0 unspecified atom stereocenters. The summed E-state index contributed by atoms with van der Waals surface area (Å²) in [6.07, 6.45) is 7.33. The first-order valence-electron chi connectivity index (χ1n) is 10.2. The Morgan fingerprint density at radius 3 is 2.09 bits per heavy atom. The highest BCUT2D eigenvalue weighted by Gasteiger charge is 2.36. The van der Waals surface area contributed by atoms with Crippen LogP contribution in [0.2, 0.25) is 0 Å². The normalized spacial score (nSPS) is 16.0. The van der Waals surface area contributed by atoms with Crippen molar-refractivity contribution in [2.45, 2.75) is 34.2 Å². The zero-order valence-corrected chi connectivity index (χ0v) is 18.8. The Morgan fingerprint density at radius 1 is 0.939 bits per heavy atom. The van der Waals surface area contributed by atoms with Crippen LogP contribution in [0.3, 0.4) is 0 Å². The topological polar surface area (TPSA) is 169 Å². The van der Waals surface area contributed by atoms with Gasteiger partial charge in [0.1, 0.15) is 5.57 Å². The molecular formula is C23H25N4O6-. The summed E-state index contributed by atoms with van der Waals surface area (Å²) in [6.45, 7) is 6.27. The second-order valence-electron chi connectivity index (χ2n) is 7.18. The molecule has 0 atom stereocenters. The molecule has 0 aromatic carbocycles. The van der Waals surface area contributed by atoms with Crippen LogP contribution < -0.4 is 22.1 Å². The highest BCUT2D eigenvalue weighted by molar-refractivity contribution is 6.27. The predicted octanol–water partition coefficient (Wildman–Crippen LogP) is 0.0354. The number of hydrogen-bond donors (Lipinski definition) is 2. The lowest BCUT2D eigenvalue weighted by Gasteiger charge is -2.27. The van der Waals surface area contributed by atoms with E-state index in [-0.39, 0.29) is 46.5 Å². The van der Waals surface area contributed by atoms with Crippen LogP contribution in [0.25, 0.3) is 6.08 Å². The molecule has 2 heterocycles. The number of pyridine rings is 1. The largest absolute Gasteiger partial charge is 0.859 e. The van der Waals surface area contributed by atoms with E-state index in [0.29, 0.717) is 0 Å². The van der Waals surface area contributed by atoms with Crippen LogP contribution in [-0.4, -0.2) is 39.6 Å². The van der Waals surface area contributed by atoms with Gasteiger partial charge in [-0.05, 0) is 56.9 Å². The van der Waals surface area contributed by atoms with Crippen molar-refractivity contribution < 1.29 is 24.3 Å². The Kier molecular flexibility index (Phi) is 7.55. The molecule has 1 aliphatic heterocycles. The van der Waals surface area contributed by atoms with E-state index >= 15 is 0 Å². The summed E-state index contributed by atoms with van der Waals surface area (Å²) >= 11 is 0. The number of rotatable bonds is 7. The van der Waals surface area contributed by atoms with E-state index in [4.69, 9.17) is 11.5 Å². The van der Waals surface area contributed by atoms with Crippen LogP contribution in [0.1, 0.15) is 42.3 Å². The first-order chi connectivity index (χ1) is 15.5. The number of allylic oxidation sites excluding steroid dienone is 4. The van der Waals surface area contributed by atoms with E-state index in [1.54, 1.807) is 13.8 Å². The van der Waals surface area contributed by atoms with Gasteiger partial charge in [0.25, 0.3) is 23.3 Å². The summed E-state index contributed by atoms with van der Waals surface area (Å²) in [5.41, 5.74) is 10.2. The van der Waals surface area contributed by atoms with E-state index in [9.17, 15) is 29.1 Å². The van der Waals surface area contributed by atoms with Gasteiger partial charge in [-0.25, -0.2) is 0 Å². The van der Waals surface area contributed by atoms with Crippen molar-refractivity contribution in [3.05, 3.63) is 68.1 Å². The third kappa shape index (κ3) is 4.54. The molecule has 4 N–H and O–H groups in total. The number of likely N-dealkylation sites (N-methyl/N-ethyl adjacent to an activating group) is 1. The highest BCUT2D eigenvalue weighted by Crippen LogP contribution is 2.25. The van der Waals surface area contributed by atoms with Gasteiger partial charge in [-0.2, -0.15) is 0 Å². The molecule has 1 aliphatic rings. The highest BCUT2D eigenvalue weighted by atomic mass is 16.3. The van der Waals surface area contributed by atoms with Gasteiger partial charge in [0.05, 0.1) is 5.56 Å². The van der Waals surface area contributed by atoms with Gasteiger partial charge in [-0.3, -0.25) is 28.9 Å². The number of nitrogens with two attached hydrogens (primary N) is 2. The minimum Gasteiger partial charge on any atom is -0.859 e. The molecule has 33 heavy (non-hydrogen) atoms. The molecule has 1 aromatic rings. The second kappa shape index (κ2) is 9.94. The smallest absolute Gasteiger partial charge is 0.266 e. The fraction of sp³-hybridized carbons (Fsp3) is 0.261. The van der Waals surface area contributed by atoms with Gasteiger partial charge < -0.3 is 21.1 Å². The maximum Gasteiger partial charge on any atom is 0.266 e. The maximum atomic E-state index is 12.6. The molecule has 0 bridgehead atoms. The van der Waals surface area contributed by atoms with E-state index in [0.717, 1.165) is 9.47 Å². The summed E-state index contributed by atoms with van der Waals surface area (Å²) in [4.78, 5) is 61.9. The van der Waals surface area contributed by atoms with Crippen molar-refractivity contribution in [2.24, 2.45) is 11.5 Å². The fourth-order valence-electron chi connectivity index (χ4n) is 3.57. The molecule has 1 aromatic heterocycles. The molecule has 0 aliphatic carbocycles. The predicted molar refractivity (Wildman–Crippen MR) is 120 cm³/mol. The fourth-order valence-corrected chi connectivity index (χ4v) is 3.57. The molecule has 4 amide bonds. The van der Waals surface area contributed by atoms with Gasteiger partial charge in [0, 0.05) is 24.2 Å². The lowest BCUT2D eigenvalue weighted by atomic mass is 9.94. The molecule has 2 rings (SSSR count). The lowest BCUT2D eigenvalue weighted by Crippen LogP contribution is -2.45. The molecule has 174 valence electrons. The van der Waals surface area contributed by atoms with Gasteiger partial charge in [0.15, 0.2) is 0 Å². The monoisotopic (exact) mass is 453 g/mol. The van der Waals surface area contributed by atoms with Crippen LogP contribution in [0.5, 0.6) is 5.88 Å². The summed E-state index contributed by atoms with van der Waals surface area (Å²) < 4.78 is 0.926. The number of aromatic nitrogens is 1. The number of carbonyl (C=O) groups excluding carboxylic acids is 4. The minimum atomic E-state index is -0.923. The maximum absolute atomic E-state index is 12.6. The van der Waals surface area contributed by atoms with Crippen molar-refractivity contribution in [2.75, 3.05) is 6.54 Å². The molecule has 0 spiro atoms. The molecule has 0 saturated carbocycles. The lowest BCUT2D eigenvalue weighted by molar-refractivity contribution is -0.280. The number of primary amides is 2. The van der Waals surface area contributed by atoms with Crippen LogP contribution in [0.4, 0.5) is 0 Å². The zero-order valence-electron chi connectivity index (χ0n) is 18.8. The first kappa shape index (κ1) is 25.1. The summed E-state index contributed by atoms with van der Waals surface area (Å²) in [7, 11) is 0. The summed E-state index contributed by atoms with van der Waals surface area (Å²) in [5.74, 6) is -3.87. The van der Waals surface area contributed by atoms with E-state index in [1.165, 1.54) is 44.2 Å². The Bertz CT molecular complexity index is 1230. The van der Waals surface area contributed by atoms with E-state index in [2.05, 4.69) is 0 Å². The van der Waals surface area contributed by atoms with Crippen LogP contribution in [-0.2, 0) is 20.9 Å². The number of nitrogens with zero attached hydrogens (tertiary/aromatic N) is 2. The van der Waals surface area contributed by atoms with Crippen LogP contribution >= 0.6 is 0 Å². The summed E-state index contributed by atoms with van der Waals surface area (Å²) in [6, 6.07) is 0. The average Bonchev–Trinajstić information content (AvgIpc) is 2.72. The molecular weight excluding hydrogens is 428 g/mol. The van der Waals surface area contributed by atoms with Crippen molar-refractivity contribution in [1.29, 1.82) is 0 Å². The molecule has 0 radical (unpaired) electrons. The number of carbonyl (C=O) groups is 4. The Balaban J connectivity index is 2.48. The summed E-state index contributed by atoms with van der Waals surface area (Å²) in [5, 5.41) is 12.3. The number of imide groups is 1. The third-order valence-electron chi connectivity index (χ3n) is 5.30. The third-order valence-corrected chi connectivity index (χ3v) is 5.30. The van der Waals surface area contributed by atoms with Crippen molar-refractivity contribution in [3.8, 4) is 5.88 Å². The van der Waals surface area contributed by atoms with E-state index in [1.807, 2.05) is 0 Å². The van der Waals surface area contributed by atoms with Gasteiger partial charge in [-0.1, -0.05) is 18.2 Å². The van der Waals surface area contributed by atoms with Crippen LogP contribution in [0, 0.1) is 6.92 Å². The van der Waals surface area contributed by atoms with Crippen molar-refractivity contribution >= 4 is 29.7 Å². The SMILES string of the molecule is CCN1C(=O)C(C(N)=O)=C(C)/C(=C/C=CC=Cc2c(C)c(C(N)=O)c([O-])n(CC)c2=O)C1=O. The molecule has 0 fully saturated rings. The molecule has 0 saturated heterocycles. The van der Waals surface area contributed by atoms with Gasteiger partial charge in [0.2, 0.25) is 5.91 Å². The number of amides is 4. The number of hydrogen-bond acceptors (Lipinski definition) is 6. The van der Waals surface area contributed by atoms with Gasteiger partial charge >= 0.3 is 0 Å². The van der Waals surface area contributed by atoms with Gasteiger partial charge in [-0.15, -0.1) is 0 Å². The molecule has 10 nitrogen and oxygen atoms in total. The standard InChI is InChI=1S/C23H26N4O6/c1-5-26-20(30)14(12(3)16(18(24)28)22(26)32)10-8-7-9-11-15-13(4)17(19(25)29)23(33)27(6-2)21(15)31/h7-11,32H,5-6H2,1-4H3,(H2,24,28)(H2,25,29)/p-1/b9-7?,10-8?,15-11-. The second-order valence-corrected chi connectivity index (χ2v) is 7.18. The first-order valence-corrected chi connectivity index (χ1v) is 10.2. The van der Waals surface area contributed by atoms with Crippen molar-refractivity contribution in [1.82, 2.24) is 9.47 Å². The average molecular weight is 453 g/mol. The quantitative estimate of drug-likeness (QED) is 0.255. The van der Waals surface area contributed by atoms with Crippen LogP contribution in [0.15, 0.2) is 45.8 Å². The Morgan fingerprint density at radius 2 is 1.58 bits per heavy atom. The Hall–Kier alpha value is -4.21. The Labute approximate surface area is 190 Å². The van der Waals surface area contributed by atoms with Crippen molar-refractivity contribution in [3.63, 3.8) is 0 Å². The molecule has 10 heteroatoms. The minimum absolute atomic E-state index is 0.0730. The van der Waals surface area contributed by atoms with E-state index < -0.39 is 35.1 Å². The zero-order chi connectivity index (χ0) is 25.0.